The molecule has 0 aliphatic rings. The molecule has 0 spiro atoms. The van der Waals surface area contributed by atoms with E-state index in [0.29, 0.717) is 23.0 Å². The zero-order valence-corrected chi connectivity index (χ0v) is 17.4. The van der Waals surface area contributed by atoms with Crippen LogP contribution in [0, 0.1) is 6.92 Å². The number of rotatable bonds is 7. The topological polar surface area (TPSA) is 65.4 Å². The minimum absolute atomic E-state index is 0.104. The number of anilines is 1. The molecular weight excluding hydrogens is 390 g/mol. The summed E-state index contributed by atoms with van der Waals surface area (Å²) in [5.41, 5.74) is 3.49. The van der Waals surface area contributed by atoms with Crippen molar-refractivity contribution >= 4 is 11.7 Å². The van der Waals surface area contributed by atoms with Crippen molar-refractivity contribution in [3.63, 3.8) is 0 Å². The van der Waals surface area contributed by atoms with E-state index in [2.05, 4.69) is 5.32 Å². The Morgan fingerprint density at radius 1 is 0.968 bits per heavy atom. The Kier molecular flexibility index (Phi) is 5.98. The van der Waals surface area contributed by atoms with Crippen LogP contribution in [0.3, 0.4) is 0 Å². The maximum atomic E-state index is 12.6. The Labute approximate surface area is 181 Å². The number of amides is 1. The van der Waals surface area contributed by atoms with Crippen molar-refractivity contribution in [2.24, 2.45) is 0 Å². The molecule has 0 bridgehead atoms. The summed E-state index contributed by atoms with van der Waals surface area (Å²) in [6, 6.07) is 26.7. The summed E-state index contributed by atoms with van der Waals surface area (Å²) in [6.45, 7) is 1.90. The molecule has 0 aliphatic heterocycles. The lowest BCUT2D eigenvalue weighted by Gasteiger charge is -2.10. The molecule has 6 nitrogen and oxygen atoms in total. The van der Waals surface area contributed by atoms with Crippen molar-refractivity contribution in [3.05, 3.63) is 90.5 Å². The second kappa shape index (κ2) is 9.17. The highest BCUT2D eigenvalue weighted by atomic mass is 16.5. The van der Waals surface area contributed by atoms with Gasteiger partial charge < -0.3 is 14.8 Å². The third kappa shape index (κ3) is 4.75. The van der Waals surface area contributed by atoms with E-state index in [4.69, 9.17) is 14.6 Å². The number of ether oxygens (including phenoxy) is 2. The van der Waals surface area contributed by atoms with E-state index in [0.717, 1.165) is 16.8 Å². The first-order valence-corrected chi connectivity index (χ1v) is 9.92. The van der Waals surface area contributed by atoms with Crippen LogP contribution in [0.5, 0.6) is 11.5 Å². The van der Waals surface area contributed by atoms with Gasteiger partial charge in [0.25, 0.3) is 5.91 Å². The number of benzene rings is 3. The van der Waals surface area contributed by atoms with Crippen LogP contribution in [0.15, 0.2) is 84.9 Å². The van der Waals surface area contributed by atoms with Crippen LogP contribution in [0.25, 0.3) is 16.9 Å². The van der Waals surface area contributed by atoms with Gasteiger partial charge in [-0.25, -0.2) is 4.68 Å². The van der Waals surface area contributed by atoms with E-state index in [1.165, 1.54) is 0 Å². The molecule has 0 saturated carbocycles. The number of methoxy groups -OCH3 is 1. The fourth-order valence-electron chi connectivity index (χ4n) is 3.19. The SMILES string of the molecule is COc1ccccc1-c1cc(NC(=O)COc2ccc(C)cc2)n(-c2ccccc2)n1. The number of aryl methyl sites for hydroxylation is 1. The molecule has 1 amide bonds. The van der Waals surface area contributed by atoms with E-state index in [1.807, 2.05) is 91.9 Å². The van der Waals surface area contributed by atoms with Crippen molar-refractivity contribution in [2.75, 3.05) is 19.0 Å². The van der Waals surface area contributed by atoms with Gasteiger partial charge in [0.05, 0.1) is 18.5 Å². The number of nitrogens with zero attached hydrogens (tertiary/aromatic N) is 2. The average molecular weight is 413 g/mol. The van der Waals surface area contributed by atoms with Crippen LogP contribution in [-0.4, -0.2) is 29.4 Å². The summed E-state index contributed by atoms with van der Waals surface area (Å²) >= 11 is 0. The predicted molar refractivity (Wildman–Crippen MR) is 121 cm³/mol. The highest BCUT2D eigenvalue weighted by Crippen LogP contribution is 2.31. The minimum Gasteiger partial charge on any atom is -0.496 e. The lowest BCUT2D eigenvalue weighted by Crippen LogP contribution is -2.21. The molecule has 4 rings (SSSR count). The molecule has 0 aliphatic carbocycles. The van der Waals surface area contributed by atoms with E-state index in [1.54, 1.807) is 11.8 Å². The highest BCUT2D eigenvalue weighted by Gasteiger charge is 2.16. The molecule has 0 fully saturated rings. The van der Waals surface area contributed by atoms with E-state index >= 15 is 0 Å². The van der Waals surface area contributed by atoms with Gasteiger partial charge in [-0.15, -0.1) is 0 Å². The second-order valence-corrected chi connectivity index (χ2v) is 7.01. The Hall–Kier alpha value is -4.06. The summed E-state index contributed by atoms with van der Waals surface area (Å²) in [6.07, 6.45) is 0. The number of carbonyl (C=O) groups is 1. The van der Waals surface area contributed by atoms with Gasteiger partial charge >= 0.3 is 0 Å². The first-order valence-electron chi connectivity index (χ1n) is 9.92. The molecule has 0 radical (unpaired) electrons. The number of carbonyl (C=O) groups excluding carboxylic acids is 1. The van der Waals surface area contributed by atoms with Crippen LogP contribution >= 0.6 is 0 Å². The Morgan fingerprint density at radius 3 is 2.42 bits per heavy atom. The molecule has 156 valence electrons. The summed E-state index contributed by atoms with van der Waals surface area (Å²) < 4.78 is 12.8. The van der Waals surface area contributed by atoms with Crippen molar-refractivity contribution in [1.82, 2.24) is 9.78 Å². The van der Waals surface area contributed by atoms with Crippen LogP contribution in [0.4, 0.5) is 5.82 Å². The summed E-state index contributed by atoms with van der Waals surface area (Å²) in [7, 11) is 1.62. The third-order valence-electron chi connectivity index (χ3n) is 4.75. The van der Waals surface area contributed by atoms with Crippen molar-refractivity contribution in [1.29, 1.82) is 0 Å². The zero-order chi connectivity index (χ0) is 21.6. The number of nitrogens with one attached hydrogen (secondary N) is 1. The van der Waals surface area contributed by atoms with Gasteiger partial charge in [-0.05, 0) is 43.3 Å². The summed E-state index contributed by atoms with van der Waals surface area (Å²) in [4.78, 5) is 12.6. The van der Waals surface area contributed by atoms with Crippen LogP contribution in [0.2, 0.25) is 0 Å². The molecule has 0 unspecified atom stereocenters. The molecule has 3 aromatic carbocycles. The van der Waals surface area contributed by atoms with Gasteiger partial charge in [-0.2, -0.15) is 5.10 Å². The van der Waals surface area contributed by atoms with E-state index in [-0.39, 0.29) is 12.5 Å². The normalized spacial score (nSPS) is 10.5. The van der Waals surface area contributed by atoms with Crippen LogP contribution in [-0.2, 0) is 4.79 Å². The van der Waals surface area contributed by atoms with E-state index < -0.39 is 0 Å². The van der Waals surface area contributed by atoms with Gasteiger partial charge in [-0.1, -0.05) is 48.0 Å². The number of hydrogen-bond donors (Lipinski definition) is 1. The number of para-hydroxylation sites is 2. The predicted octanol–water partition coefficient (Wildman–Crippen LogP) is 4.87. The van der Waals surface area contributed by atoms with Crippen LogP contribution < -0.4 is 14.8 Å². The minimum atomic E-state index is -0.274. The van der Waals surface area contributed by atoms with Crippen molar-refractivity contribution in [2.45, 2.75) is 6.92 Å². The molecule has 31 heavy (non-hydrogen) atoms. The molecule has 4 aromatic rings. The molecule has 1 aromatic heterocycles. The van der Waals surface area contributed by atoms with Gasteiger partial charge in [0.2, 0.25) is 0 Å². The lowest BCUT2D eigenvalue weighted by molar-refractivity contribution is -0.118. The van der Waals surface area contributed by atoms with Gasteiger partial charge in [0, 0.05) is 11.6 Å². The van der Waals surface area contributed by atoms with Crippen LogP contribution in [0.1, 0.15) is 5.56 Å². The Bertz CT molecular complexity index is 1170. The smallest absolute Gasteiger partial charge is 0.263 e. The standard InChI is InChI=1S/C25H23N3O3/c1-18-12-14-20(15-13-18)31-17-25(29)26-24-16-22(21-10-6-7-11-23(21)30-2)27-28(24)19-8-4-3-5-9-19/h3-16H,17H2,1-2H3,(H,26,29). The first-order chi connectivity index (χ1) is 15.1. The molecule has 6 heteroatoms. The first kappa shape index (κ1) is 20.2. The maximum absolute atomic E-state index is 12.6. The Morgan fingerprint density at radius 2 is 1.68 bits per heavy atom. The lowest BCUT2D eigenvalue weighted by atomic mass is 10.1. The third-order valence-corrected chi connectivity index (χ3v) is 4.75. The fraction of sp³-hybridized carbons (Fsp3) is 0.120. The van der Waals surface area contributed by atoms with Gasteiger partial charge in [-0.3, -0.25) is 4.79 Å². The largest absolute Gasteiger partial charge is 0.496 e. The van der Waals surface area contributed by atoms with Crippen molar-refractivity contribution < 1.29 is 14.3 Å². The van der Waals surface area contributed by atoms with Crippen molar-refractivity contribution in [3.8, 4) is 28.4 Å². The zero-order valence-electron chi connectivity index (χ0n) is 17.4. The number of aromatic nitrogens is 2. The molecule has 1 heterocycles. The highest BCUT2D eigenvalue weighted by molar-refractivity contribution is 5.92. The maximum Gasteiger partial charge on any atom is 0.263 e. The fourth-order valence-corrected chi connectivity index (χ4v) is 3.19. The molecule has 0 saturated heterocycles. The molecule has 1 N–H and O–H groups in total. The average Bonchev–Trinajstić information content (AvgIpc) is 3.22. The van der Waals surface area contributed by atoms with E-state index in [9.17, 15) is 4.79 Å². The number of hydrogen-bond acceptors (Lipinski definition) is 4. The van der Waals surface area contributed by atoms with Gasteiger partial charge in [0.1, 0.15) is 17.3 Å². The quantitative estimate of drug-likeness (QED) is 0.469. The molecular formula is C25H23N3O3. The second-order valence-electron chi connectivity index (χ2n) is 7.01. The Balaban J connectivity index is 1.60. The summed E-state index contributed by atoms with van der Waals surface area (Å²) in [5, 5.41) is 7.64. The summed E-state index contributed by atoms with van der Waals surface area (Å²) in [5.74, 6) is 1.63. The molecule has 0 atom stereocenters. The van der Waals surface area contributed by atoms with Gasteiger partial charge in [0.15, 0.2) is 6.61 Å². The monoisotopic (exact) mass is 413 g/mol.